The number of halogens is 1. The predicted molar refractivity (Wildman–Crippen MR) is 68.8 cm³/mol. The van der Waals surface area contributed by atoms with E-state index in [9.17, 15) is 9.90 Å². The standard InChI is InChI=1S/C13H16ClNO3/c14-11-4-2-1-3-10(11)12(7-8-16)15(13(17)18)9-5-6-9/h1-4,9,12,16H,5-8H2,(H,17,18)/t12-/m1/s1. The molecule has 5 heteroatoms. The number of carboxylic acid groups (broad SMARTS) is 1. The van der Waals surface area contributed by atoms with Gasteiger partial charge in [-0.25, -0.2) is 4.79 Å². The van der Waals surface area contributed by atoms with Crippen LogP contribution in [-0.4, -0.2) is 33.9 Å². The molecule has 0 unspecified atom stereocenters. The van der Waals surface area contributed by atoms with Crippen LogP contribution in [0.3, 0.4) is 0 Å². The summed E-state index contributed by atoms with van der Waals surface area (Å²) in [6.45, 7) is -0.0631. The summed E-state index contributed by atoms with van der Waals surface area (Å²) in [5.41, 5.74) is 0.766. The fourth-order valence-electron chi connectivity index (χ4n) is 2.21. The van der Waals surface area contributed by atoms with Crippen molar-refractivity contribution in [2.45, 2.75) is 31.3 Å². The van der Waals surface area contributed by atoms with Crippen LogP contribution >= 0.6 is 11.6 Å². The molecule has 1 aromatic carbocycles. The third-order valence-corrected chi connectivity index (χ3v) is 3.51. The minimum atomic E-state index is -0.948. The summed E-state index contributed by atoms with van der Waals surface area (Å²) in [5, 5.41) is 19.0. The number of aliphatic hydroxyl groups excluding tert-OH is 1. The Morgan fingerprint density at radius 3 is 2.61 bits per heavy atom. The van der Waals surface area contributed by atoms with E-state index in [1.165, 1.54) is 4.90 Å². The topological polar surface area (TPSA) is 60.8 Å². The lowest BCUT2D eigenvalue weighted by Gasteiger charge is -2.30. The fraction of sp³-hybridized carbons (Fsp3) is 0.462. The average molecular weight is 270 g/mol. The highest BCUT2D eigenvalue weighted by atomic mass is 35.5. The van der Waals surface area contributed by atoms with E-state index in [4.69, 9.17) is 16.7 Å². The Labute approximate surface area is 111 Å². The van der Waals surface area contributed by atoms with Crippen molar-refractivity contribution in [2.24, 2.45) is 0 Å². The second kappa shape index (κ2) is 5.59. The van der Waals surface area contributed by atoms with E-state index >= 15 is 0 Å². The Morgan fingerprint density at radius 1 is 1.44 bits per heavy atom. The van der Waals surface area contributed by atoms with E-state index < -0.39 is 6.09 Å². The van der Waals surface area contributed by atoms with Gasteiger partial charge in [-0.1, -0.05) is 29.8 Å². The quantitative estimate of drug-likeness (QED) is 0.864. The van der Waals surface area contributed by atoms with E-state index in [0.717, 1.165) is 18.4 Å². The van der Waals surface area contributed by atoms with E-state index in [2.05, 4.69) is 0 Å². The first-order chi connectivity index (χ1) is 8.65. The molecule has 18 heavy (non-hydrogen) atoms. The van der Waals surface area contributed by atoms with Crippen LogP contribution in [0.1, 0.15) is 30.9 Å². The van der Waals surface area contributed by atoms with Crippen LogP contribution in [0.5, 0.6) is 0 Å². The lowest BCUT2D eigenvalue weighted by Crippen LogP contribution is -2.36. The minimum absolute atomic E-state index is 0.0631. The Bertz CT molecular complexity index is 434. The summed E-state index contributed by atoms with van der Waals surface area (Å²) >= 11 is 6.13. The largest absolute Gasteiger partial charge is 0.465 e. The van der Waals surface area contributed by atoms with Crippen LogP contribution in [0.2, 0.25) is 5.02 Å². The first-order valence-electron chi connectivity index (χ1n) is 6.01. The van der Waals surface area contributed by atoms with Crippen LogP contribution in [0.4, 0.5) is 4.79 Å². The van der Waals surface area contributed by atoms with Gasteiger partial charge < -0.3 is 10.2 Å². The molecule has 4 nitrogen and oxygen atoms in total. The smallest absolute Gasteiger partial charge is 0.408 e. The highest BCUT2D eigenvalue weighted by molar-refractivity contribution is 6.31. The van der Waals surface area contributed by atoms with E-state index in [0.29, 0.717) is 11.4 Å². The van der Waals surface area contributed by atoms with E-state index in [1.54, 1.807) is 6.07 Å². The second-order valence-corrected chi connectivity index (χ2v) is 4.88. The zero-order valence-electron chi connectivity index (χ0n) is 9.92. The van der Waals surface area contributed by atoms with Gasteiger partial charge in [-0.2, -0.15) is 0 Å². The summed E-state index contributed by atoms with van der Waals surface area (Å²) in [5.74, 6) is 0. The summed E-state index contributed by atoms with van der Waals surface area (Å²) < 4.78 is 0. The van der Waals surface area contributed by atoms with Gasteiger partial charge in [0.05, 0.1) is 6.04 Å². The van der Waals surface area contributed by atoms with Gasteiger partial charge in [-0.05, 0) is 30.9 Å². The monoisotopic (exact) mass is 269 g/mol. The van der Waals surface area contributed by atoms with Crippen LogP contribution < -0.4 is 0 Å². The molecule has 0 heterocycles. The molecular formula is C13H16ClNO3. The van der Waals surface area contributed by atoms with Crippen LogP contribution in [0, 0.1) is 0 Å². The number of nitrogens with zero attached hydrogens (tertiary/aromatic N) is 1. The van der Waals surface area contributed by atoms with Crippen LogP contribution in [0.15, 0.2) is 24.3 Å². The van der Waals surface area contributed by atoms with Crippen molar-refractivity contribution in [3.63, 3.8) is 0 Å². The molecule has 0 spiro atoms. The first-order valence-corrected chi connectivity index (χ1v) is 6.39. The van der Waals surface area contributed by atoms with E-state index in [-0.39, 0.29) is 18.7 Å². The van der Waals surface area contributed by atoms with Gasteiger partial charge in [0.1, 0.15) is 0 Å². The van der Waals surface area contributed by atoms with Crippen molar-refractivity contribution >= 4 is 17.7 Å². The Morgan fingerprint density at radius 2 is 2.11 bits per heavy atom. The number of hydrogen-bond donors (Lipinski definition) is 2. The molecule has 2 rings (SSSR count). The summed E-state index contributed by atoms with van der Waals surface area (Å²) in [6, 6.07) is 6.90. The van der Waals surface area contributed by atoms with Crippen molar-refractivity contribution in [3.8, 4) is 0 Å². The molecule has 1 saturated carbocycles. The Balaban J connectivity index is 2.32. The summed E-state index contributed by atoms with van der Waals surface area (Å²) in [6.07, 6.45) is 1.19. The maximum absolute atomic E-state index is 11.4. The van der Waals surface area contributed by atoms with Crippen molar-refractivity contribution in [3.05, 3.63) is 34.9 Å². The maximum atomic E-state index is 11.4. The average Bonchev–Trinajstić information content (AvgIpc) is 3.13. The van der Waals surface area contributed by atoms with Crippen molar-refractivity contribution in [2.75, 3.05) is 6.61 Å². The normalized spacial score (nSPS) is 16.3. The highest BCUT2D eigenvalue weighted by Gasteiger charge is 2.38. The Hall–Kier alpha value is -1.26. The maximum Gasteiger partial charge on any atom is 0.408 e. The lowest BCUT2D eigenvalue weighted by molar-refractivity contribution is 0.109. The van der Waals surface area contributed by atoms with Gasteiger partial charge in [0, 0.05) is 17.7 Å². The van der Waals surface area contributed by atoms with E-state index in [1.807, 2.05) is 18.2 Å². The molecule has 1 aliphatic carbocycles. The fourth-order valence-corrected chi connectivity index (χ4v) is 2.47. The molecule has 1 amide bonds. The first kappa shape index (κ1) is 13.2. The molecule has 0 radical (unpaired) electrons. The molecule has 1 aliphatic rings. The van der Waals surface area contributed by atoms with Crippen molar-refractivity contribution in [1.29, 1.82) is 0 Å². The number of aliphatic hydroxyl groups is 1. The van der Waals surface area contributed by atoms with Gasteiger partial charge in [-0.15, -0.1) is 0 Å². The molecule has 1 atom stereocenters. The number of rotatable bonds is 5. The lowest BCUT2D eigenvalue weighted by atomic mass is 10.0. The molecule has 2 N–H and O–H groups in total. The highest BCUT2D eigenvalue weighted by Crippen LogP contribution is 2.38. The SMILES string of the molecule is O=C(O)N(C1CC1)[C@H](CCO)c1ccccc1Cl. The second-order valence-electron chi connectivity index (χ2n) is 4.47. The molecule has 0 aromatic heterocycles. The van der Waals surface area contributed by atoms with Gasteiger partial charge >= 0.3 is 6.09 Å². The number of carbonyl (C=O) groups is 1. The summed E-state index contributed by atoms with van der Waals surface area (Å²) in [4.78, 5) is 12.8. The zero-order valence-corrected chi connectivity index (χ0v) is 10.7. The molecular weight excluding hydrogens is 254 g/mol. The molecule has 0 saturated heterocycles. The van der Waals surface area contributed by atoms with Gasteiger partial charge in [0.15, 0.2) is 0 Å². The minimum Gasteiger partial charge on any atom is -0.465 e. The van der Waals surface area contributed by atoms with Gasteiger partial charge in [-0.3, -0.25) is 4.90 Å². The third kappa shape index (κ3) is 2.76. The third-order valence-electron chi connectivity index (χ3n) is 3.16. The Kier molecular flexibility index (Phi) is 4.09. The van der Waals surface area contributed by atoms with Gasteiger partial charge in [0.2, 0.25) is 0 Å². The van der Waals surface area contributed by atoms with Crippen molar-refractivity contribution < 1.29 is 15.0 Å². The zero-order chi connectivity index (χ0) is 13.1. The number of hydrogen-bond acceptors (Lipinski definition) is 2. The number of benzene rings is 1. The van der Waals surface area contributed by atoms with Gasteiger partial charge in [0.25, 0.3) is 0 Å². The molecule has 98 valence electrons. The van der Waals surface area contributed by atoms with Crippen molar-refractivity contribution in [1.82, 2.24) is 4.90 Å². The molecule has 0 aliphatic heterocycles. The molecule has 1 aromatic rings. The molecule has 0 bridgehead atoms. The van der Waals surface area contributed by atoms with Crippen LogP contribution in [0.25, 0.3) is 0 Å². The predicted octanol–water partition coefficient (Wildman–Crippen LogP) is 2.91. The summed E-state index contributed by atoms with van der Waals surface area (Å²) in [7, 11) is 0. The number of amides is 1. The molecule has 1 fully saturated rings. The van der Waals surface area contributed by atoms with Crippen LogP contribution in [-0.2, 0) is 0 Å².